The molecule has 1 N–H and O–H groups in total. The van der Waals surface area contributed by atoms with Crippen LogP contribution in [0.4, 0.5) is 22.0 Å². The number of benzene rings is 1. The van der Waals surface area contributed by atoms with Gasteiger partial charge in [0.25, 0.3) is 0 Å². The summed E-state index contributed by atoms with van der Waals surface area (Å²) in [7, 11) is 0. The van der Waals surface area contributed by atoms with Crippen molar-refractivity contribution in [1.29, 1.82) is 0 Å². The second-order valence-electron chi connectivity index (χ2n) is 3.53. The van der Waals surface area contributed by atoms with E-state index >= 15 is 0 Å². The van der Waals surface area contributed by atoms with Crippen molar-refractivity contribution in [2.24, 2.45) is 0 Å². The third kappa shape index (κ3) is 3.10. The first-order valence-electron chi connectivity index (χ1n) is 5.25. The Balaban J connectivity index is 2.77. The number of hydrogen-bond acceptors (Lipinski definition) is 2. The second kappa shape index (κ2) is 6.53. The molecule has 0 radical (unpaired) electrons. The van der Waals surface area contributed by atoms with E-state index in [2.05, 4.69) is 4.74 Å². The Kier molecular flexibility index (Phi) is 5.33. The maximum absolute atomic E-state index is 13.1. The maximum atomic E-state index is 13.1. The SMILES string of the molecule is OCCCCCOc1c(F)c(F)c(F)c(F)c1F. The number of unbranched alkanes of at least 4 members (excludes halogenated alkanes) is 2. The number of aliphatic hydroxyl groups excluding tert-OH is 1. The molecular weight excluding hydrogens is 259 g/mol. The Hall–Kier alpha value is -1.37. The Bertz CT molecular complexity index is 393. The van der Waals surface area contributed by atoms with Gasteiger partial charge < -0.3 is 9.84 Å². The molecule has 7 heteroatoms. The van der Waals surface area contributed by atoms with Crippen LogP contribution in [-0.4, -0.2) is 18.3 Å². The fourth-order valence-corrected chi connectivity index (χ4v) is 1.28. The third-order valence-electron chi connectivity index (χ3n) is 2.22. The molecule has 0 aliphatic heterocycles. The average Bonchev–Trinajstić information content (AvgIpc) is 2.37. The molecule has 0 bridgehead atoms. The van der Waals surface area contributed by atoms with E-state index in [4.69, 9.17) is 5.11 Å². The highest BCUT2D eigenvalue weighted by Gasteiger charge is 2.26. The second-order valence-corrected chi connectivity index (χ2v) is 3.53. The van der Waals surface area contributed by atoms with Crippen LogP contribution in [-0.2, 0) is 0 Å². The van der Waals surface area contributed by atoms with Crippen LogP contribution in [0.2, 0.25) is 0 Å². The molecule has 0 aromatic heterocycles. The summed E-state index contributed by atoms with van der Waals surface area (Å²) in [5.41, 5.74) is 0. The molecule has 0 amide bonds. The van der Waals surface area contributed by atoms with Crippen LogP contribution in [0.25, 0.3) is 0 Å². The Morgan fingerprint density at radius 2 is 1.22 bits per heavy atom. The molecule has 0 heterocycles. The fraction of sp³-hybridized carbons (Fsp3) is 0.455. The van der Waals surface area contributed by atoms with Crippen molar-refractivity contribution < 1.29 is 31.8 Å². The highest BCUT2D eigenvalue weighted by Crippen LogP contribution is 2.29. The van der Waals surface area contributed by atoms with Crippen LogP contribution in [0.15, 0.2) is 0 Å². The van der Waals surface area contributed by atoms with Gasteiger partial charge in [0.15, 0.2) is 5.75 Å². The lowest BCUT2D eigenvalue weighted by Crippen LogP contribution is -2.08. The normalized spacial score (nSPS) is 10.8. The van der Waals surface area contributed by atoms with Crippen molar-refractivity contribution >= 4 is 0 Å². The molecule has 0 atom stereocenters. The summed E-state index contributed by atoms with van der Waals surface area (Å²) in [5.74, 6) is -11.5. The quantitative estimate of drug-likeness (QED) is 0.373. The number of aliphatic hydroxyl groups is 1. The van der Waals surface area contributed by atoms with Gasteiger partial charge in [-0.15, -0.1) is 0 Å². The highest BCUT2D eigenvalue weighted by molar-refractivity contribution is 5.29. The lowest BCUT2D eigenvalue weighted by Gasteiger charge is -2.09. The molecule has 0 fully saturated rings. The predicted molar refractivity (Wildman–Crippen MR) is 52.7 cm³/mol. The molecule has 1 aromatic rings. The standard InChI is InChI=1S/C11H11F5O2/c12-6-7(13)9(15)11(10(16)8(6)14)18-5-3-1-2-4-17/h17H,1-5H2. The predicted octanol–water partition coefficient (Wildman–Crippen LogP) is 2.92. The number of halogens is 5. The van der Waals surface area contributed by atoms with E-state index in [1.165, 1.54) is 0 Å². The van der Waals surface area contributed by atoms with Gasteiger partial charge in [-0.05, 0) is 19.3 Å². The first-order chi connectivity index (χ1) is 8.50. The molecule has 0 unspecified atom stereocenters. The molecule has 18 heavy (non-hydrogen) atoms. The molecule has 0 saturated carbocycles. The minimum atomic E-state index is -2.21. The molecule has 0 spiro atoms. The van der Waals surface area contributed by atoms with Crippen LogP contribution in [0.3, 0.4) is 0 Å². The van der Waals surface area contributed by atoms with Gasteiger partial charge in [0, 0.05) is 6.61 Å². The summed E-state index contributed by atoms with van der Waals surface area (Å²) in [6.07, 6.45) is 1.33. The summed E-state index contributed by atoms with van der Waals surface area (Å²) in [5, 5.41) is 8.47. The zero-order chi connectivity index (χ0) is 13.7. The monoisotopic (exact) mass is 270 g/mol. The van der Waals surface area contributed by atoms with Crippen LogP contribution < -0.4 is 4.74 Å². The molecule has 102 valence electrons. The van der Waals surface area contributed by atoms with Crippen molar-refractivity contribution in [3.05, 3.63) is 29.1 Å². The first-order valence-corrected chi connectivity index (χ1v) is 5.25. The van der Waals surface area contributed by atoms with Gasteiger partial charge >= 0.3 is 0 Å². The van der Waals surface area contributed by atoms with Crippen LogP contribution >= 0.6 is 0 Å². The van der Waals surface area contributed by atoms with Gasteiger partial charge in [0.05, 0.1) is 6.61 Å². The number of hydrogen-bond donors (Lipinski definition) is 1. The van der Waals surface area contributed by atoms with Crippen LogP contribution in [0.5, 0.6) is 5.75 Å². The molecule has 2 nitrogen and oxygen atoms in total. The maximum Gasteiger partial charge on any atom is 0.206 e. The van der Waals surface area contributed by atoms with Crippen LogP contribution in [0, 0.1) is 29.1 Å². The zero-order valence-electron chi connectivity index (χ0n) is 9.28. The lowest BCUT2D eigenvalue weighted by molar-refractivity contribution is 0.244. The van der Waals surface area contributed by atoms with Gasteiger partial charge in [-0.3, -0.25) is 0 Å². The number of rotatable bonds is 6. The lowest BCUT2D eigenvalue weighted by atomic mass is 10.2. The van der Waals surface area contributed by atoms with Crippen molar-refractivity contribution in [2.75, 3.05) is 13.2 Å². The Labute approximate surface area is 100.0 Å². The van der Waals surface area contributed by atoms with Crippen LogP contribution in [0.1, 0.15) is 19.3 Å². The smallest absolute Gasteiger partial charge is 0.206 e. The molecule has 0 saturated heterocycles. The van der Waals surface area contributed by atoms with Crippen molar-refractivity contribution in [1.82, 2.24) is 0 Å². The molecule has 0 aliphatic rings. The summed E-state index contributed by atoms with van der Waals surface area (Å²) >= 11 is 0. The summed E-state index contributed by atoms with van der Waals surface area (Å²) in [4.78, 5) is 0. The third-order valence-corrected chi connectivity index (χ3v) is 2.22. The minimum absolute atomic E-state index is 0.0392. The average molecular weight is 270 g/mol. The largest absolute Gasteiger partial charge is 0.487 e. The van der Waals surface area contributed by atoms with Gasteiger partial charge in [-0.1, -0.05) is 0 Å². The molecule has 1 rings (SSSR count). The van der Waals surface area contributed by atoms with Gasteiger partial charge in [0.2, 0.25) is 29.1 Å². The van der Waals surface area contributed by atoms with Crippen molar-refractivity contribution in [2.45, 2.75) is 19.3 Å². The van der Waals surface area contributed by atoms with Crippen molar-refractivity contribution in [3.63, 3.8) is 0 Å². The zero-order valence-corrected chi connectivity index (χ0v) is 9.28. The van der Waals surface area contributed by atoms with Gasteiger partial charge in [-0.25, -0.2) is 13.2 Å². The fourth-order valence-electron chi connectivity index (χ4n) is 1.28. The Morgan fingerprint density at radius 3 is 1.72 bits per heavy atom. The minimum Gasteiger partial charge on any atom is -0.487 e. The van der Waals surface area contributed by atoms with E-state index in [0.717, 1.165) is 0 Å². The van der Waals surface area contributed by atoms with Gasteiger partial charge in [-0.2, -0.15) is 8.78 Å². The van der Waals surface area contributed by atoms with E-state index in [1.807, 2.05) is 0 Å². The van der Waals surface area contributed by atoms with E-state index in [9.17, 15) is 22.0 Å². The molecule has 1 aromatic carbocycles. The first kappa shape index (κ1) is 14.7. The number of ether oxygens (including phenoxy) is 1. The molecular formula is C11H11F5O2. The van der Waals surface area contributed by atoms with Crippen molar-refractivity contribution in [3.8, 4) is 5.75 Å². The van der Waals surface area contributed by atoms with E-state index in [1.54, 1.807) is 0 Å². The molecule has 0 aliphatic carbocycles. The Morgan fingerprint density at radius 1 is 0.722 bits per heavy atom. The van der Waals surface area contributed by atoms with Gasteiger partial charge in [0.1, 0.15) is 0 Å². The highest BCUT2D eigenvalue weighted by atomic mass is 19.2. The summed E-state index contributed by atoms with van der Waals surface area (Å²) in [6.45, 7) is -0.235. The van der Waals surface area contributed by atoms with E-state index in [0.29, 0.717) is 19.3 Å². The summed E-state index contributed by atoms with van der Waals surface area (Å²) < 4.78 is 68.9. The van der Waals surface area contributed by atoms with E-state index < -0.39 is 34.8 Å². The topological polar surface area (TPSA) is 29.5 Å². The van der Waals surface area contributed by atoms with E-state index in [-0.39, 0.29) is 13.2 Å². The summed E-state index contributed by atoms with van der Waals surface area (Å²) in [6, 6.07) is 0.